The van der Waals surface area contributed by atoms with Gasteiger partial charge in [0.25, 0.3) is 0 Å². The minimum Gasteiger partial charge on any atom is -0.368 e. The van der Waals surface area contributed by atoms with Crippen molar-refractivity contribution in [3.63, 3.8) is 0 Å². The summed E-state index contributed by atoms with van der Waals surface area (Å²) in [5, 5.41) is 9.32. The third kappa shape index (κ3) is 4.96. The predicted octanol–water partition coefficient (Wildman–Crippen LogP) is 2.49. The van der Waals surface area contributed by atoms with Crippen LogP contribution in [0.2, 0.25) is 0 Å². The zero-order chi connectivity index (χ0) is 20.9. The molecular formula is C22H28N4O2S. The van der Waals surface area contributed by atoms with Gasteiger partial charge < -0.3 is 10.6 Å². The van der Waals surface area contributed by atoms with Crippen LogP contribution in [0.3, 0.4) is 0 Å². The van der Waals surface area contributed by atoms with Crippen molar-refractivity contribution >= 4 is 15.7 Å². The Hall–Kier alpha value is -2.40. The van der Waals surface area contributed by atoms with Gasteiger partial charge in [-0.3, -0.25) is 0 Å². The van der Waals surface area contributed by atoms with E-state index >= 15 is 0 Å². The molecule has 154 valence electrons. The van der Waals surface area contributed by atoms with Gasteiger partial charge in [0.2, 0.25) is 10.0 Å². The van der Waals surface area contributed by atoms with Crippen LogP contribution in [0.5, 0.6) is 0 Å². The number of hydrogen-bond donors (Lipinski definition) is 1. The lowest BCUT2D eigenvalue weighted by molar-refractivity contribution is 0.318. The van der Waals surface area contributed by atoms with Crippen LogP contribution in [-0.2, 0) is 23.0 Å². The van der Waals surface area contributed by atoms with Gasteiger partial charge in [-0.15, -0.1) is 0 Å². The Balaban J connectivity index is 2.06. The highest BCUT2D eigenvalue weighted by atomic mass is 32.2. The molecule has 2 aromatic carbocycles. The van der Waals surface area contributed by atoms with E-state index in [4.69, 9.17) is 5.73 Å². The number of rotatable bonds is 7. The van der Waals surface area contributed by atoms with E-state index < -0.39 is 10.0 Å². The molecule has 0 saturated heterocycles. The average molecular weight is 413 g/mol. The summed E-state index contributed by atoms with van der Waals surface area (Å²) in [5.41, 5.74) is 9.31. The van der Waals surface area contributed by atoms with Gasteiger partial charge in [-0.1, -0.05) is 37.3 Å². The monoisotopic (exact) mass is 412 g/mol. The second-order valence-corrected chi connectivity index (χ2v) is 9.44. The molecule has 1 heterocycles. The molecule has 0 fully saturated rings. The molecule has 0 bridgehead atoms. The summed E-state index contributed by atoms with van der Waals surface area (Å²) in [5.74, 6) is 0.114. The van der Waals surface area contributed by atoms with Crippen LogP contribution in [0.1, 0.15) is 30.0 Å². The van der Waals surface area contributed by atoms with Gasteiger partial charge in [0, 0.05) is 37.9 Å². The van der Waals surface area contributed by atoms with E-state index in [-0.39, 0.29) is 18.3 Å². The Morgan fingerprint density at radius 2 is 1.97 bits per heavy atom. The summed E-state index contributed by atoms with van der Waals surface area (Å²) in [6, 6.07) is 17.4. The molecule has 0 radical (unpaired) electrons. The van der Waals surface area contributed by atoms with Gasteiger partial charge in [-0.2, -0.15) is 9.57 Å². The molecule has 2 aromatic rings. The molecule has 0 spiro atoms. The number of nitrogens with zero attached hydrogens (tertiary/aromatic N) is 3. The third-order valence-electron chi connectivity index (χ3n) is 5.25. The first-order chi connectivity index (χ1) is 14.0. The first-order valence-electron chi connectivity index (χ1n) is 10.00. The minimum atomic E-state index is -3.43. The van der Waals surface area contributed by atoms with Gasteiger partial charge in [-0.25, -0.2) is 8.42 Å². The van der Waals surface area contributed by atoms with Crippen LogP contribution in [0.4, 0.5) is 5.69 Å². The first kappa shape index (κ1) is 21.3. The summed E-state index contributed by atoms with van der Waals surface area (Å²) in [6.45, 7) is 3.81. The number of hydrogen-bond acceptors (Lipinski definition) is 5. The lowest BCUT2D eigenvalue weighted by Crippen LogP contribution is -2.47. The van der Waals surface area contributed by atoms with E-state index in [2.05, 4.69) is 11.0 Å². The first-order valence-corrected chi connectivity index (χ1v) is 11.6. The summed E-state index contributed by atoms with van der Waals surface area (Å²) in [6.07, 6.45) is 1.19. The maximum absolute atomic E-state index is 13.2. The van der Waals surface area contributed by atoms with E-state index in [9.17, 15) is 13.7 Å². The van der Waals surface area contributed by atoms with Crippen molar-refractivity contribution in [2.75, 3.05) is 30.3 Å². The van der Waals surface area contributed by atoms with Crippen LogP contribution in [-0.4, -0.2) is 44.2 Å². The van der Waals surface area contributed by atoms with Crippen molar-refractivity contribution in [1.29, 1.82) is 5.26 Å². The molecule has 1 aliphatic rings. The highest BCUT2D eigenvalue weighted by Crippen LogP contribution is 2.31. The summed E-state index contributed by atoms with van der Waals surface area (Å²) in [4.78, 5) is 2.16. The SMILES string of the molecule is CCCS(=O)(=O)N1Cc2cc(C#N)ccc2N(CCN)C[C@H]1Cc1ccccc1. The molecule has 7 heteroatoms. The normalized spacial score (nSPS) is 17.4. The number of anilines is 1. The number of fused-ring (bicyclic) bond motifs is 1. The van der Waals surface area contributed by atoms with E-state index in [1.165, 1.54) is 0 Å². The Kier molecular flexibility index (Phi) is 6.91. The van der Waals surface area contributed by atoms with Crippen molar-refractivity contribution < 1.29 is 8.42 Å². The average Bonchev–Trinajstić information content (AvgIpc) is 2.86. The molecule has 6 nitrogen and oxygen atoms in total. The molecule has 0 unspecified atom stereocenters. The quantitative estimate of drug-likeness (QED) is 0.754. The zero-order valence-electron chi connectivity index (χ0n) is 16.8. The van der Waals surface area contributed by atoms with Crippen molar-refractivity contribution in [2.24, 2.45) is 5.73 Å². The summed E-state index contributed by atoms with van der Waals surface area (Å²) < 4.78 is 28.0. The number of nitrogens with two attached hydrogens (primary N) is 1. The fourth-order valence-electron chi connectivity index (χ4n) is 3.95. The van der Waals surface area contributed by atoms with Gasteiger partial charge in [0.15, 0.2) is 0 Å². The maximum atomic E-state index is 13.2. The smallest absolute Gasteiger partial charge is 0.214 e. The second-order valence-electron chi connectivity index (χ2n) is 7.39. The van der Waals surface area contributed by atoms with Gasteiger partial charge in [0.05, 0.1) is 17.4 Å². The number of benzene rings is 2. The van der Waals surface area contributed by atoms with Crippen LogP contribution in [0, 0.1) is 11.3 Å². The van der Waals surface area contributed by atoms with Crippen molar-refractivity contribution in [3.8, 4) is 6.07 Å². The summed E-state index contributed by atoms with van der Waals surface area (Å²) >= 11 is 0. The summed E-state index contributed by atoms with van der Waals surface area (Å²) in [7, 11) is -3.43. The molecule has 0 saturated carbocycles. The second kappa shape index (κ2) is 9.40. The van der Waals surface area contributed by atoms with Crippen molar-refractivity contribution in [1.82, 2.24) is 4.31 Å². The fraction of sp³-hybridized carbons (Fsp3) is 0.409. The Bertz CT molecular complexity index is 970. The van der Waals surface area contributed by atoms with Crippen LogP contribution >= 0.6 is 0 Å². The molecular weight excluding hydrogens is 384 g/mol. The van der Waals surface area contributed by atoms with Crippen molar-refractivity contribution in [2.45, 2.75) is 32.4 Å². The number of nitriles is 1. The van der Waals surface area contributed by atoms with Crippen LogP contribution in [0.25, 0.3) is 0 Å². The highest BCUT2D eigenvalue weighted by molar-refractivity contribution is 7.89. The Labute approximate surface area is 173 Å². The fourth-order valence-corrected chi connectivity index (χ4v) is 5.63. The predicted molar refractivity (Wildman–Crippen MR) is 116 cm³/mol. The third-order valence-corrected chi connectivity index (χ3v) is 7.31. The Morgan fingerprint density at radius 3 is 2.62 bits per heavy atom. The maximum Gasteiger partial charge on any atom is 0.214 e. The molecule has 0 aromatic heterocycles. The molecule has 3 rings (SSSR count). The zero-order valence-corrected chi connectivity index (χ0v) is 17.6. The van der Waals surface area contributed by atoms with Gasteiger partial charge in [-0.05, 0) is 42.2 Å². The van der Waals surface area contributed by atoms with Crippen molar-refractivity contribution in [3.05, 3.63) is 65.2 Å². The van der Waals surface area contributed by atoms with E-state index in [0.717, 1.165) is 16.8 Å². The largest absolute Gasteiger partial charge is 0.368 e. The van der Waals surface area contributed by atoms with E-state index in [1.54, 1.807) is 16.4 Å². The molecule has 29 heavy (non-hydrogen) atoms. The van der Waals surface area contributed by atoms with E-state index in [1.807, 2.05) is 43.3 Å². The topological polar surface area (TPSA) is 90.4 Å². The van der Waals surface area contributed by atoms with Crippen LogP contribution in [0.15, 0.2) is 48.5 Å². The molecule has 2 N–H and O–H groups in total. The van der Waals surface area contributed by atoms with Gasteiger partial charge >= 0.3 is 0 Å². The highest BCUT2D eigenvalue weighted by Gasteiger charge is 2.34. The van der Waals surface area contributed by atoms with Crippen LogP contribution < -0.4 is 10.6 Å². The molecule has 0 amide bonds. The van der Waals surface area contributed by atoms with Gasteiger partial charge in [0.1, 0.15) is 0 Å². The molecule has 1 aliphatic heterocycles. The lowest BCUT2D eigenvalue weighted by Gasteiger charge is -2.32. The molecule has 1 atom stereocenters. The Morgan fingerprint density at radius 1 is 1.21 bits per heavy atom. The number of sulfonamides is 1. The molecule has 0 aliphatic carbocycles. The van der Waals surface area contributed by atoms with E-state index in [0.29, 0.717) is 38.0 Å². The lowest BCUT2D eigenvalue weighted by atomic mass is 10.1. The minimum absolute atomic E-state index is 0.114. The standard InChI is InChI=1S/C22H28N4O2S/c1-2-12-29(27,28)26-16-20-13-19(15-24)8-9-22(20)25(11-10-23)17-21(26)14-18-6-4-3-5-7-18/h3-9,13,21H,2,10-12,14,16-17,23H2,1H3/t21-/m1/s1.